The van der Waals surface area contributed by atoms with E-state index in [-0.39, 0.29) is 0 Å². The fraction of sp³-hybridized carbons (Fsp3) is 0.500. The fourth-order valence-corrected chi connectivity index (χ4v) is 5.68. The summed E-state index contributed by atoms with van der Waals surface area (Å²) < 4.78 is 0. The highest BCUT2D eigenvalue weighted by atomic mass is 32.1. The van der Waals surface area contributed by atoms with Crippen molar-refractivity contribution in [2.24, 2.45) is 0 Å². The molecule has 0 aromatic carbocycles. The van der Waals surface area contributed by atoms with Crippen LogP contribution in [0.15, 0.2) is 24.7 Å². The van der Waals surface area contributed by atoms with Gasteiger partial charge in [-0.1, -0.05) is 0 Å². The summed E-state index contributed by atoms with van der Waals surface area (Å²) in [7, 11) is 2.19. The van der Waals surface area contributed by atoms with E-state index in [2.05, 4.69) is 32.0 Å². The summed E-state index contributed by atoms with van der Waals surface area (Å²) in [6.07, 6.45) is 10.7. The average Bonchev–Trinajstić information content (AvgIpc) is 3.13. The van der Waals surface area contributed by atoms with Crippen LogP contribution in [-0.2, 0) is 12.8 Å². The predicted octanol–water partition coefficient (Wildman–Crippen LogP) is 3.47. The number of hydrogen-bond acceptors (Lipinski definition) is 7. The molecule has 1 saturated heterocycles. The van der Waals surface area contributed by atoms with Gasteiger partial charge in [-0.25, -0.2) is 9.97 Å². The van der Waals surface area contributed by atoms with E-state index in [1.165, 1.54) is 47.9 Å². The molecule has 0 spiro atoms. The first-order valence-electron chi connectivity index (χ1n) is 9.82. The Morgan fingerprint density at radius 1 is 1.19 bits per heavy atom. The highest BCUT2D eigenvalue weighted by Gasteiger charge is 2.28. The second-order valence-corrected chi connectivity index (χ2v) is 8.61. The molecule has 6 nitrogen and oxygen atoms in total. The van der Waals surface area contributed by atoms with Gasteiger partial charge in [-0.15, -0.1) is 16.4 Å². The lowest BCUT2D eigenvalue weighted by Crippen LogP contribution is -2.47. The van der Waals surface area contributed by atoms with Crippen molar-refractivity contribution in [3.63, 3.8) is 0 Å². The zero-order valence-corrected chi connectivity index (χ0v) is 16.5. The molecule has 7 heteroatoms. The number of aryl methyl sites for hydroxylation is 2. The Labute approximate surface area is 163 Å². The summed E-state index contributed by atoms with van der Waals surface area (Å²) in [6, 6.07) is 4.42. The molecule has 0 N–H and O–H groups in total. The topological polar surface area (TPSA) is 58.0 Å². The number of likely N-dealkylation sites (N-methyl/N-ethyl adjacent to an activating group) is 1. The Morgan fingerprint density at radius 2 is 2.11 bits per heavy atom. The lowest BCUT2D eigenvalue weighted by Gasteiger charge is -2.38. The molecule has 2 aliphatic rings. The van der Waals surface area contributed by atoms with Gasteiger partial charge in [0.05, 0.1) is 5.39 Å². The van der Waals surface area contributed by atoms with Gasteiger partial charge in [0.15, 0.2) is 5.82 Å². The van der Waals surface area contributed by atoms with Crippen LogP contribution in [-0.4, -0.2) is 46.3 Å². The van der Waals surface area contributed by atoms with Crippen molar-refractivity contribution in [1.82, 2.24) is 20.2 Å². The zero-order valence-electron chi connectivity index (χ0n) is 15.6. The van der Waals surface area contributed by atoms with Crippen LogP contribution < -0.4 is 9.80 Å². The third-order valence-corrected chi connectivity index (χ3v) is 7.09. The molecule has 4 heterocycles. The van der Waals surface area contributed by atoms with Gasteiger partial charge in [0.25, 0.3) is 0 Å². The van der Waals surface area contributed by atoms with E-state index >= 15 is 0 Å². The van der Waals surface area contributed by atoms with Crippen molar-refractivity contribution in [2.75, 3.05) is 29.9 Å². The summed E-state index contributed by atoms with van der Waals surface area (Å²) in [6.45, 7) is 1.99. The van der Waals surface area contributed by atoms with E-state index in [1.54, 1.807) is 12.5 Å². The van der Waals surface area contributed by atoms with E-state index in [4.69, 9.17) is 4.98 Å². The third-order valence-electron chi connectivity index (χ3n) is 5.89. The van der Waals surface area contributed by atoms with Crippen LogP contribution in [0, 0.1) is 0 Å². The number of piperidine rings is 1. The summed E-state index contributed by atoms with van der Waals surface area (Å²) in [5.41, 5.74) is 1.50. The minimum Gasteiger partial charge on any atom is -0.354 e. The fourth-order valence-electron chi connectivity index (χ4n) is 4.45. The lowest BCUT2D eigenvalue weighted by atomic mass is 9.96. The van der Waals surface area contributed by atoms with Crippen LogP contribution in [0.4, 0.5) is 11.6 Å². The van der Waals surface area contributed by atoms with E-state index < -0.39 is 0 Å². The second kappa shape index (κ2) is 7.03. The normalized spacial score (nSPS) is 19.9. The van der Waals surface area contributed by atoms with Gasteiger partial charge < -0.3 is 9.80 Å². The summed E-state index contributed by atoms with van der Waals surface area (Å²) in [5, 5.41) is 9.65. The van der Waals surface area contributed by atoms with Crippen molar-refractivity contribution in [3.05, 3.63) is 35.1 Å². The maximum atomic E-state index is 4.74. The molecule has 3 aromatic heterocycles. The Morgan fingerprint density at radius 3 is 3.00 bits per heavy atom. The summed E-state index contributed by atoms with van der Waals surface area (Å²) in [5.74, 6) is 2.07. The van der Waals surface area contributed by atoms with Gasteiger partial charge in [0, 0.05) is 37.3 Å². The van der Waals surface area contributed by atoms with Gasteiger partial charge in [0.1, 0.15) is 17.0 Å². The molecule has 0 radical (unpaired) electrons. The number of aromatic nitrogens is 4. The molecule has 1 aliphatic heterocycles. The van der Waals surface area contributed by atoms with Gasteiger partial charge in [-0.3, -0.25) is 0 Å². The van der Waals surface area contributed by atoms with Crippen LogP contribution in [0.2, 0.25) is 0 Å². The number of nitrogens with zero attached hydrogens (tertiary/aromatic N) is 6. The van der Waals surface area contributed by atoms with Crippen LogP contribution >= 0.6 is 11.3 Å². The van der Waals surface area contributed by atoms with Crippen molar-refractivity contribution in [3.8, 4) is 0 Å². The average molecular weight is 381 g/mol. The lowest BCUT2D eigenvalue weighted by molar-refractivity contribution is 0.483. The molecule has 27 heavy (non-hydrogen) atoms. The summed E-state index contributed by atoms with van der Waals surface area (Å²) in [4.78, 5) is 16.7. The Bertz CT molecular complexity index is 940. The molecule has 5 rings (SSSR count). The minimum atomic E-state index is 0.415. The molecule has 1 aliphatic carbocycles. The van der Waals surface area contributed by atoms with Crippen LogP contribution in [0.25, 0.3) is 10.2 Å². The largest absolute Gasteiger partial charge is 0.354 e. The predicted molar refractivity (Wildman–Crippen MR) is 110 cm³/mol. The number of hydrogen-bond donors (Lipinski definition) is 0. The molecular formula is C20H24N6S. The molecule has 0 saturated carbocycles. The van der Waals surface area contributed by atoms with Gasteiger partial charge in [-0.2, -0.15) is 5.10 Å². The summed E-state index contributed by atoms with van der Waals surface area (Å²) >= 11 is 1.87. The van der Waals surface area contributed by atoms with Crippen molar-refractivity contribution in [2.45, 2.75) is 44.6 Å². The van der Waals surface area contributed by atoms with E-state index in [1.807, 2.05) is 23.5 Å². The van der Waals surface area contributed by atoms with E-state index in [9.17, 15) is 0 Å². The number of thiophene rings is 1. The molecule has 1 atom stereocenters. The maximum Gasteiger partial charge on any atom is 0.151 e. The van der Waals surface area contributed by atoms with Crippen molar-refractivity contribution < 1.29 is 0 Å². The molecular weight excluding hydrogens is 356 g/mol. The van der Waals surface area contributed by atoms with E-state index in [0.29, 0.717) is 6.04 Å². The first kappa shape index (κ1) is 16.9. The zero-order chi connectivity index (χ0) is 18.2. The smallest absolute Gasteiger partial charge is 0.151 e. The highest BCUT2D eigenvalue weighted by molar-refractivity contribution is 7.19. The standard InChI is InChI=1S/C20H24N6S/c1-25(14-6-5-11-26(12-14)17-9-4-10-23-24-17)19-18-15-7-2-3-8-16(15)27-20(18)22-13-21-19/h4,9-10,13-14H,2-3,5-8,11-12H2,1H3. The molecule has 0 amide bonds. The van der Waals surface area contributed by atoms with Crippen molar-refractivity contribution >= 4 is 33.2 Å². The highest BCUT2D eigenvalue weighted by Crippen LogP contribution is 2.39. The quantitative estimate of drug-likeness (QED) is 0.693. The molecule has 1 fully saturated rings. The number of rotatable bonds is 3. The SMILES string of the molecule is CN(c1ncnc2sc3c(c12)CCCC3)C1CCCN(c2cccnn2)C1. The van der Waals surface area contributed by atoms with Gasteiger partial charge in [0.2, 0.25) is 0 Å². The van der Waals surface area contributed by atoms with Crippen molar-refractivity contribution in [1.29, 1.82) is 0 Å². The molecule has 140 valence electrons. The van der Waals surface area contributed by atoms with Crippen LogP contribution in [0.5, 0.6) is 0 Å². The van der Waals surface area contributed by atoms with Crippen LogP contribution in [0.1, 0.15) is 36.1 Å². The number of fused-ring (bicyclic) bond motifs is 3. The third kappa shape index (κ3) is 3.04. The monoisotopic (exact) mass is 380 g/mol. The Hall–Kier alpha value is -2.28. The van der Waals surface area contributed by atoms with E-state index in [0.717, 1.165) is 36.0 Å². The van der Waals surface area contributed by atoms with Crippen LogP contribution in [0.3, 0.4) is 0 Å². The second-order valence-electron chi connectivity index (χ2n) is 7.52. The first-order valence-corrected chi connectivity index (χ1v) is 10.6. The molecule has 3 aromatic rings. The Balaban J connectivity index is 1.47. The first-order chi connectivity index (χ1) is 13.3. The molecule has 1 unspecified atom stereocenters. The Kier molecular flexibility index (Phi) is 4.39. The maximum absolute atomic E-state index is 4.74. The van der Waals surface area contributed by atoms with Gasteiger partial charge >= 0.3 is 0 Å². The number of anilines is 2. The minimum absolute atomic E-state index is 0.415. The van der Waals surface area contributed by atoms with Gasteiger partial charge in [-0.05, 0) is 56.2 Å². The molecule has 0 bridgehead atoms.